The van der Waals surface area contributed by atoms with Gasteiger partial charge in [-0.15, -0.1) is 0 Å². The number of hydrogen-bond acceptors (Lipinski definition) is 4. The summed E-state index contributed by atoms with van der Waals surface area (Å²) in [6.07, 6.45) is 5.20. The molecule has 0 bridgehead atoms. The van der Waals surface area contributed by atoms with Crippen LogP contribution in [0, 0.1) is 23.5 Å². The highest BCUT2D eigenvalue weighted by Gasteiger charge is 2.44. The Balaban J connectivity index is 1.39. The van der Waals surface area contributed by atoms with Crippen molar-refractivity contribution in [2.45, 2.75) is 57.2 Å². The summed E-state index contributed by atoms with van der Waals surface area (Å²) >= 11 is 0. The van der Waals surface area contributed by atoms with Crippen molar-refractivity contribution >= 4 is 11.6 Å². The minimum absolute atomic E-state index is 0.0444. The molecule has 1 aliphatic carbocycles. The molecule has 1 amide bonds. The average molecular weight is 378 g/mol. The number of piperidine rings is 1. The van der Waals surface area contributed by atoms with Crippen LogP contribution in [0.4, 0.5) is 14.5 Å². The molecular formula is C20H28F2N4O. The van der Waals surface area contributed by atoms with E-state index < -0.39 is 11.6 Å². The van der Waals surface area contributed by atoms with E-state index in [1.165, 1.54) is 18.6 Å². The number of nitrogens with one attached hydrogen (secondary N) is 3. The van der Waals surface area contributed by atoms with E-state index in [0.717, 1.165) is 38.3 Å². The zero-order chi connectivity index (χ0) is 19.0. The number of hydrogen-bond donors (Lipinski definition) is 3. The first kappa shape index (κ1) is 18.6. The van der Waals surface area contributed by atoms with Crippen LogP contribution in [0.1, 0.15) is 39.0 Å². The van der Waals surface area contributed by atoms with Crippen molar-refractivity contribution in [3.05, 3.63) is 29.8 Å². The van der Waals surface area contributed by atoms with Crippen LogP contribution < -0.4 is 16.2 Å². The third-order valence-corrected chi connectivity index (χ3v) is 6.30. The molecule has 5 nitrogen and oxygen atoms in total. The van der Waals surface area contributed by atoms with Crippen molar-refractivity contribution in [3.8, 4) is 0 Å². The van der Waals surface area contributed by atoms with E-state index in [2.05, 4.69) is 23.1 Å². The van der Waals surface area contributed by atoms with Crippen LogP contribution in [0.2, 0.25) is 0 Å². The lowest BCUT2D eigenvalue weighted by atomic mass is 9.76. The number of carbonyl (C=O) groups is 1. The van der Waals surface area contributed by atoms with Gasteiger partial charge in [-0.25, -0.2) is 14.2 Å². The smallest absolute Gasteiger partial charge is 0.241 e. The number of fused-ring (bicyclic) bond motifs is 1. The Kier molecular flexibility index (Phi) is 5.32. The van der Waals surface area contributed by atoms with E-state index in [1.54, 1.807) is 0 Å². The van der Waals surface area contributed by atoms with Crippen molar-refractivity contribution in [1.29, 1.82) is 0 Å². The van der Waals surface area contributed by atoms with Crippen LogP contribution in [0.3, 0.4) is 0 Å². The molecule has 1 aromatic rings. The Hall–Kier alpha value is -1.73. The minimum Gasteiger partial charge on any atom is -0.380 e. The second kappa shape index (κ2) is 7.72. The molecule has 1 saturated carbocycles. The summed E-state index contributed by atoms with van der Waals surface area (Å²) < 4.78 is 26.5. The summed E-state index contributed by atoms with van der Waals surface area (Å²) in [5.41, 5.74) is 7.11. The molecule has 2 heterocycles. The number of hydrazine groups is 1. The first-order valence-electron chi connectivity index (χ1n) is 10.0. The number of benzene rings is 1. The van der Waals surface area contributed by atoms with Crippen molar-refractivity contribution in [3.63, 3.8) is 0 Å². The summed E-state index contributed by atoms with van der Waals surface area (Å²) in [4.78, 5) is 15.1. The van der Waals surface area contributed by atoms with Gasteiger partial charge in [-0.2, -0.15) is 0 Å². The van der Waals surface area contributed by atoms with E-state index in [9.17, 15) is 13.6 Å². The molecule has 5 unspecified atom stereocenters. The Morgan fingerprint density at radius 1 is 1.19 bits per heavy atom. The van der Waals surface area contributed by atoms with Crippen LogP contribution >= 0.6 is 0 Å². The zero-order valence-corrected chi connectivity index (χ0v) is 15.7. The van der Waals surface area contributed by atoms with Crippen LogP contribution in [0.15, 0.2) is 18.2 Å². The normalized spacial score (nSPS) is 33.6. The number of halogens is 2. The fourth-order valence-electron chi connectivity index (χ4n) is 4.83. The third-order valence-electron chi connectivity index (χ3n) is 6.30. The summed E-state index contributed by atoms with van der Waals surface area (Å²) in [6.45, 7) is 3.60. The zero-order valence-electron chi connectivity index (χ0n) is 15.7. The van der Waals surface area contributed by atoms with Gasteiger partial charge in [0, 0.05) is 42.8 Å². The lowest BCUT2D eigenvalue weighted by molar-refractivity contribution is -0.135. The summed E-state index contributed by atoms with van der Waals surface area (Å²) in [5.74, 6) is -0.548. The van der Waals surface area contributed by atoms with Crippen molar-refractivity contribution in [2.75, 3.05) is 18.4 Å². The SMILES string of the molecule is CC1CCC2NNC(C(=O)N3CCCC(Nc4ccc(F)c(F)c4)C3)C2C1. The lowest BCUT2D eigenvalue weighted by Crippen LogP contribution is -2.53. The Labute approximate surface area is 158 Å². The van der Waals surface area contributed by atoms with Gasteiger partial charge in [0.05, 0.1) is 0 Å². The number of rotatable bonds is 3. The molecule has 7 heteroatoms. The van der Waals surface area contributed by atoms with Crippen molar-refractivity contribution in [2.24, 2.45) is 11.8 Å². The Bertz CT molecular complexity index is 701. The first-order valence-corrected chi connectivity index (χ1v) is 10.0. The maximum atomic E-state index is 13.4. The molecule has 4 rings (SSSR count). The van der Waals surface area contributed by atoms with Gasteiger partial charge in [-0.1, -0.05) is 6.92 Å². The van der Waals surface area contributed by atoms with Gasteiger partial charge in [0.25, 0.3) is 0 Å². The van der Waals surface area contributed by atoms with Crippen LogP contribution in [-0.2, 0) is 4.79 Å². The van der Waals surface area contributed by atoms with Gasteiger partial charge in [0.1, 0.15) is 6.04 Å². The Morgan fingerprint density at radius 2 is 2.04 bits per heavy atom. The monoisotopic (exact) mass is 378 g/mol. The number of anilines is 1. The van der Waals surface area contributed by atoms with Gasteiger partial charge >= 0.3 is 0 Å². The first-order chi connectivity index (χ1) is 13.0. The fourth-order valence-corrected chi connectivity index (χ4v) is 4.83. The number of carbonyl (C=O) groups excluding carboxylic acids is 1. The molecule has 1 aromatic carbocycles. The quantitative estimate of drug-likeness (QED) is 0.757. The molecule has 0 aromatic heterocycles. The predicted molar refractivity (Wildman–Crippen MR) is 99.9 cm³/mol. The minimum atomic E-state index is -0.859. The highest BCUT2D eigenvalue weighted by atomic mass is 19.2. The summed E-state index contributed by atoms with van der Waals surface area (Å²) in [6, 6.07) is 4.10. The molecule has 0 spiro atoms. The molecule has 5 atom stereocenters. The van der Waals surface area contributed by atoms with Gasteiger partial charge in [0.2, 0.25) is 5.91 Å². The maximum absolute atomic E-state index is 13.4. The molecule has 148 valence electrons. The average Bonchev–Trinajstić information content (AvgIpc) is 3.07. The van der Waals surface area contributed by atoms with Gasteiger partial charge in [-0.05, 0) is 50.2 Å². The van der Waals surface area contributed by atoms with Crippen LogP contribution in [0.5, 0.6) is 0 Å². The highest BCUT2D eigenvalue weighted by Crippen LogP contribution is 2.34. The van der Waals surface area contributed by atoms with E-state index in [-0.39, 0.29) is 18.0 Å². The molecular weight excluding hydrogens is 350 g/mol. The summed E-state index contributed by atoms with van der Waals surface area (Å²) in [5, 5.41) is 3.25. The number of likely N-dealkylation sites (tertiary alicyclic amines) is 1. The van der Waals surface area contributed by atoms with E-state index in [1.807, 2.05) is 4.90 Å². The standard InChI is InChI=1S/C20H28F2N4O/c1-12-4-7-18-15(9-12)19(25-24-18)20(27)26-8-2-3-14(11-26)23-13-5-6-16(21)17(22)10-13/h5-6,10,12,14-15,18-19,23-25H,2-4,7-9,11H2,1H3. The largest absolute Gasteiger partial charge is 0.380 e. The summed E-state index contributed by atoms with van der Waals surface area (Å²) in [7, 11) is 0. The third kappa shape index (κ3) is 3.94. The predicted octanol–water partition coefficient (Wildman–Crippen LogP) is 2.65. The number of nitrogens with zero attached hydrogens (tertiary/aromatic N) is 1. The van der Waals surface area contributed by atoms with E-state index >= 15 is 0 Å². The molecule has 3 fully saturated rings. The molecule has 0 radical (unpaired) electrons. The Morgan fingerprint density at radius 3 is 2.85 bits per heavy atom. The molecule has 3 N–H and O–H groups in total. The van der Waals surface area contributed by atoms with Gasteiger partial charge < -0.3 is 10.2 Å². The molecule has 27 heavy (non-hydrogen) atoms. The van der Waals surface area contributed by atoms with E-state index in [0.29, 0.717) is 30.1 Å². The van der Waals surface area contributed by atoms with Crippen molar-refractivity contribution < 1.29 is 13.6 Å². The topological polar surface area (TPSA) is 56.4 Å². The van der Waals surface area contributed by atoms with Gasteiger partial charge in [-0.3, -0.25) is 10.2 Å². The van der Waals surface area contributed by atoms with Gasteiger partial charge in [0.15, 0.2) is 11.6 Å². The molecule has 2 saturated heterocycles. The highest BCUT2D eigenvalue weighted by molar-refractivity contribution is 5.83. The van der Waals surface area contributed by atoms with Crippen molar-refractivity contribution in [1.82, 2.24) is 15.8 Å². The second-order valence-electron chi connectivity index (χ2n) is 8.35. The maximum Gasteiger partial charge on any atom is 0.241 e. The van der Waals surface area contributed by atoms with E-state index in [4.69, 9.17) is 0 Å². The van der Waals surface area contributed by atoms with Crippen LogP contribution in [-0.4, -0.2) is 42.0 Å². The fraction of sp³-hybridized carbons (Fsp3) is 0.650. The number of amides is 1. The van der Waals surface area contributed by atoms with Crippen LogP contribution in [0.25, 0.3) is 0 Å². The lowest BCUT2D eigenvalue weighted by Gasteiger charge is -2.37. The molecule has 2 aliphatic heterocycles. The second-order valence-corrected chi connectivity index (χ2v) is 8.35. The molecule has 3 aliphatic rings.